The van der Waals surface area contributed by atoms with E-state index in [1.807, 2.05) is 19.9 Å². The second kappa shape index (κ2) is 10.2. The molecule has 0 radical (unpaired) electrons. The number of amides is 1. The molecule has 1 amide bonds. The first-order valence-electron chi connectivity index (χ1n) is 8.19. The fourth-order valence-electron chi connectivity index (χ4n) is 2.24. The third-order valence-corrected chi connectivity index (χ3v) is 5.09. The van der Waals surface area contributed by atoms with E-state index in [1.54, 1.807) is 30.3 Å². The van der Waals surface area contributed by atoms with Crippen LogP contribution in [0.15, 0.2) is 40.4 Å². The van der Waals surface area contributed by atoms with Crippen LogP contribution in [0.5, 0.6) is 5.75 Å². The molecule has 8 heteroatoms. The second-order valence-corrected chi connectivity index (χ2v) is 8.22. The molecule has 2 aromatic rings. The maximum absolute atomic E-state index is 12.0. The van der Waals surface area contributed by atoms with Crippen molar-refractivity contribution >= 4 is 62.7 Å². The molecular formula is C20H16BrCl3N2O2. The number of rotatable bonds is 6. The lowest BCUT2D eigenvalue weighted by molar-refractivity contribution is -0.117. The highest BCUT2D eigenvalue weighted by molar-refractivity contribution is 9.10. The van der Waals surface area contributed by atoms with Crippen LogP contribution in [0.3, 0.4) is 0 Å². The first-order valence-corrected chi connectivity index (χ1v) is 10.1. The molecule has 0 saturated heterocycles. The molecule has 0 fully saturated rings. The third kappa shape index (κ3) is 6.15. The minimum Gasteiger partial charge on any atom is -0.486 e. The summed E-state index contributed by atoms with van der Waals surface area (Å²) in [5.74, 6) is -0.000262. The summed E-state index contributed by atoms with van der Waals surface area (Å²) < 4.78 is 6.38. The Kier molecular flexibility index (Phi) is 8.21. The molecule has 0 aromatic heterocycles. The Morgan fingerprint density at radius 2 is 1.93 bits per heavy atom. The van der Waals surface area contributed by atoms with Gasteiger partial charge in [-0.1, -0.05) is 40.9 Å². The predicted octanol–water partition coefficient (Wildman–Crippen LogP) is 6.42. The van der Waals surface area contributed by atoms with Crippen LogP contribution in [0.1, 0.15) is 25.0 Å². The van der Waals surface area contributed by atoms with E-state index < -0.39 is 5.91 Å². The molecule has 2 aromatic carbocycles. The van der Waals surface area contributed by atoms with Gasteiger partial charge in [0, 0.05) is 6.04 Å². The molecule has 0 aliphatic carbocycles. The van der Waals surface area contributed by atoms with E-state index in [2.05, 4.69) is 21.2 Å². The molecular weight excluding hydrogens is 486 g/mol. The van der Waals surface area contributed by atoms with Gasteiger partial charge < -0.3 is 10.1 Å². The first kappa shape index (κ1) is 22.6. The lowest BCUT2D eigenvalue weighted by Crippen LogP contribution is -2.30. The molecule has 146 valence electrons. The predicted molar refractivity (Wildman–Crippen MR) is 117 cm³/mol. The Hall–Kier alpha value is -1.71. The number of hydrogen-bond acceptors (Lipinski definition) is 3. The first-order chi connectivity index (χ1) is 13.2. The largest absolute Gasteiger partial charge is 0.486 e. The third-order valence-electron chi connectivity index (χ3n) is 3.48. The number of carbonyl (C=O) groups is 1. The van der Waals surface area contributed by atoms with Crippen molar-refractivity contribution in [3.8, 4) is 11.8 Å². The molecule has 0 aliphatic rings. The molecule has 0 aliphatic heterocycles. The van der Waals surface area contributed by atoms with E-state index in [-0.39, 0.29) is 18.2 Å². The van der Waals surface area contributed by atoms with Crippen molar-refractivity contribution in [2.24, 2.45) is 0 Å². The number of hydrogen-bond donors (Lipinski definition) is 1. The van der Waals surface area contributed by atoms with Crippen molar-refractivity contribution in [3.05, 3.63) is 66.6 Å². The molecule has 0 atom stereocenters. The van der Waals surface area contributed by atoms with Gasteiger partial charge in [-0.25, -0.2) is 0 Å². The molecule has 0 heterocycles. The normalized spacial score (nSPS) is 11.3. The van der Waals surface area contributed by atoms with Crippen LogP contribution in [-0.2, 0) is 11.4 Å². The summed E-state index contributed by atoms with van der Waals surface area (Å²) in [5.41, 5.74) is 1.41. The summed E-state index contributed by atoms with van der Waals surface area (Å²) in [6.45, 7) is 3.88. The number of nitrogens with zero attached hydrogens (tertiary/aromatic N) is 1. The fourth-order valence-corrected chi connectivity index (χ4v) is 3.55. The Labute approximate surface area is 187 Å². The van der Waals surface area contributed by atoms with E-state index >= 15 is 0 Å². The number of halogens is 4. The molecule has 0 spiro atoms. The van der Waals surface area contributed by atoms with Gasteiger partial charge >= 0.3 is 0 Å². The topological polar surface area (TPSA) is 62.1 Å². The van der Waals surface area contributed by atoms with Crippen molar-refractivity contribution in [3.63, 3.8) is 0 Å². The average molecular weight is 503 g/mol. The Bertz CT molecular complexity index is 945. The van der Waals surface area contributed by atoms with E-state index in [0.717, 1.165) is 5.56 Å². The lowest BCUT2D eigenvalue weighted by Gasteiger charge is -2.12. The Balaban J connectivity index is 2.22. The highest BCUT2D eigenvalue weighted by atomic mass is 79.9. The summed E-state index contributed by atoms with van der Waals surface area (Å²) in [6, 6.07) is 10.4. The number of nitrogens with one attached hydrogen (secondary N) is 1. The molecule has 28 heavy (non-hydrogen) atoms. The highest BCUT2D eigenvalue weighted by Crippen LogP contribution is 2.36. The fraction of sp³-hybridized carbons (Fsp3) is 0.200. The van der Waals surface area contributed by atoms with Gasteiger partial charge in [0.2, 0.25) is 0 Å². The summed E-state index contributed by atoms with van der Waals surface area (Å²) in [5, 5.41) is 13.2. The molecule has 2 rings (SSSR count). The van der Waals surface area contributed by atoms with Crippen molar-refractivity contribution in [2.75, 3.05) is 0 Å². The molecule has 0 unspecified atom stereocenters. The van der Waals surface area contributed by atoms with E-state index in [0.29, 0.717) is 30.9 Å². The maximum Gasteiger partial charge on any atom is 0.262 e. The van der Waals surface area contributed by atoms with Crippen molar-refractivity contribution in [1.82, 2.24) is 5.32 Å². The number of ether oxygens (including phenoxy) is 1. The van der Waals surface area contributed by atoms with Crippen LogP contribution in [0.4, 0.5) is 0 Å². The zero-order valence-corrected chi connectivity index (χ0v) is 18.9. The summed E-state index contributed by atoms with van der Waals surface area (Å²) in [6.07, 6.45) is 1.47. The van der Waals surface area contributed by atoms with Crippen LogP contribution in [0, 0.1) is 11.3 Å². The second-order valence-electron chi connectivity index (χ2n) is 6.15. The standard InChI is InChI=1S/C20H16BrCl3N2O2/c1-11(2)26-20(27)14(9-25)5-13-6-15(21)19(18(24)8-13)28-10-12-3-4-16(22)17(23)7-12/h3-8,11H,10H2,1-2H3,(H,26,27)/b14-5-. The van der Waals surface area contributed by atoms with Crippen LogP contribution in [0.2, 0.25) is 15.1 Å². The SMILES string of the molecule is CC(C)NC(=O)/C(C#N)=C\c1cc(Cl)c(OCc2ccc(Cl)c(Cl)c2)c(Br)c1. The van der Waals surface area contributed by atoms with Crippen LogP contribution in [0.25, 0.3) is 6.08 Å². The number of benzene rings is 2. The monoisotopic (exact) mass is 500 g/mol. The van der Waals surface area contributed by atoms with Crippen LogP contribution < -0.4 is 10.1 Å². The summed E-state index contributed by atoms with van der Waals surface area (Å²) in [4.78, 5) is 12.0. The van der Waals surface area contributed by atoms with Gasteiger partial charge in [-0.15, -0.1) is 0 Å². The zero-order chi connectivity index (χ0) is 20.8. The van der Waals surface area contributed by atoms with Gasteiger partial charge in [0.25, 0.3) is 5.91 Å². The molecule has 0 bridgehead atoms. The van der Waals surface area contributed by atoms with Crippen molar-refractivity contribution in [2.45, 2.75) is 26.5 Å². The zero-order valence-electron chi connectivity index (χ0n) is 15.0. The van der Waals surface area contributed by atoms with Crippen molar-refractivity contribution in [1.29, 1.82) is 5.26 Å². The van der Waals surface area contributed by atoms with Gasteiger partial charge in [0.05, 0.1) is 19.5 Å². The van der Waals surface area contributed by atoms with E-state index in [1.165, 1.54) is 6.08 Å². The van der Waals surface area contributed by atoms with E-state index in [9.17, 15) is 10.1 Å². The van der Waals surface area contributed by atoms with Crippen LogP contribution >= 0.6 is 50.7 Å². The lowest BCUT2D eigenvalue weighted by atomic mass is 10.1. The van der Waals surface area contributed by atoms with Gasteiger partial charge in [0.1, 0.15) is 18.2 Å². The number of carbonyl (C=O) groups excluding carboxylic acids is 1. The van der Waals surface area contributed by atoms with Gasteiger partial charge in [-0.05, 0) is 71.2 Å². The number of nitriles is 1. The molecule has 0 saturated carbocycles. The smallest absolute Gasteiger partial charge is 0.262 e. The van der Waals surface area contributed by atoms with Gasteiger partial charge in [-0.2, -0.15) is 5.26 Å². The molecule has 4 nitrogen and oxygen atoms in total. The Morgan fingerprint density at radius 1 is 1.21 bits per heavy atom. The summed E-state index contributed by atoms with van der Waals surface area (Å²) >= 11 is 21.7. The quantitative estimate of drug-likeness (QED) is 0.366. The minimum atomic E-state index is -0.440. The van der Waals surface area contributed by atoms with Gasteiger partial charge in [-0.3, -0.25) is 4.79 Å². The summed E-state index contributed by atoms with van der Waals surface area (Å²) in [7, 11) is 0. The van der Waals surface area contributed by atoms with Gasteiger partial charge in [0.15, 0.2) is 5.75 Å². The highest BCUT2D eigenvalue weighted by Gasteiger charge is 2.13. The molecule has 1 N–H and O–H groups in total. The minimum absolute atomic E-state index is 0.0128. The Morgan fingerprint density at radius 3 is 2.50 bits per heavy atom. The maximum atomic E-state index is 12.0. The average Bonchev–Trinajstić information content (AvgIpc) is 2.61. The van der Waals surface area contributed by atoms with E-state index in [4.69, 9.17) is 39.5 Å². The van der Waals surface area contributed by atoms with Crippen LogP contribution in [-0.4, -0.2) is 11.9 Å². The van der Waals surface area contributed by atoms with Crippen molar-refractivity contribution < 1.29 is 9.53 Å².